The second kappa shape index (κ2) is 14.3. The zero-order valence-corrected chi connectivity index (χ0v) is 22.9. The third-order valence-corrected chi connectivity index (χ3v) is 5.99. The molecule has 12 nitrogen and oxygen atoms in total. The summed E-state index contributed by atoms with van der Waals surface area (Å²) in [5.41, 5.74) is 4.58. The largest absolute Gasteiger partial charge is 0.463 e. The van der Waals surface area contributed by atoms with E-state index in [1.807, 2.05) is 6.92 Å². The van der Waals surface area contributed by atoms with Gasteiger partial charge >= 0.3 is 29.6 Å². The molecule has 1 fully saturated rings. The zero-order valence-electron chi connectivity index (χ0n) is 22.9. The van der Waals surface area contributed by atoms with Crippen molar-refractivity contribution in [2.45, 2.75) is 90.7 Å². The van der Waals surface area contributed by atoms with Crippen LogP contribution in [0.2, 0.25) is 0 Å². The van der Waals surface area contributed by atoms with E-state index in [1.54, 1.807) is 27.7 Å². The molecule has 1 aliphatic heterocycles. The summed E-state index contributed by atoms with van der Waals surface area (Å²) in [5, 5.41) is 2.27. The summed E-state index contributed by atoms with van der Waals surface area (Å²) in [6, 6.07) is -0.0825. The van der Waals surface area contributed by atoms with E-state index in [9.17, 15) is 19.2 Å². The lowest BCUT2D eigenvalue weighted by Gasteiger charge is -2.26. The van der Waals surface area contributed by atoms with Crippen LogP contribution >= 0.6 is 0 Å². The predicted octanol–water partition coefficient (Wildman–Crippen LogP) is 3.00. The van der Waals surface area contributed by atoms with Crippen LogP contribution in [0.1, 0.15) is 66.5 Å². The number of unbranched alkanes of at least 4 members (excludes halogenated alkanes) is 3. The average Bonchev–Trinajstić information content (AvgIpc) is 3.10. The zero-order chi connectivity index (χ0) is 29.3. The normalized spacial score (nSPS) is 21.0. The molecule has 1 amide bonds. The van der Waals surface area contributed by atoms with Crippen molar-refractivity contribution in [2.24, 2.45) is 17.6 Å². The maximum absolute atomic E-state index is 15.6. The standard InChI is InChI=1S/C25H38F2N4O8/c1-6-7-8-9-12-36-24(35)30-17-10-11-31(23(34)29-17)22-25(26,27)19(39-21(33)18(28)14(2)3)16(38-22)13-37-20(32)15(4)5/h10-11,14-16,18-19,22H,6-9,12-13,28H2,1-5H3,(H,29,30,34,35)/t16-,18?,19-,22-/m1/s1. The highest BCUT2D eigenvalue weighted by Crippen LogP contribution is 2.44. The van der Waals surface area contributed by atoms with Gasteiger partial charge in [0, 0.05) is 6.20 Å². The van der Waals surface area contributed by atoms with Crippen molar-refractivity contribution in [1.29, 1.82) is 0 Å². The highest BCUT2D eigenvalue weighted by atomic mass is 19.3. The molecule has 2 rings (SSSR count). The Morgan fingerprint density at radius 1 is 1.15 bits per heavy atom. The molecule has 0 bridgehead atoms. The SMILES string of the molecule is CCCCCCOC(=O)Nc1ccn([C@@H]2O[C@H](COC(=O)C(C)C)[C@@H](OC(=O)C(N)C(C)C)C2(F)F)c(=O)n1. The quantitative estimate of drug-likeness (QED) is 0.208. The van der Waals surface area contributed by atoms with Crippen molar-refractivity contribution in [3.05, 3.63) is 22.7 Å². The molecule has 1 aromatic rings. The van der Waals surface area contributed by atoms with Crippen molar-refractivity contribution >= 4 is 23.8 Å². The number of aromatic nitrogens is 2. The van der Waals surface area contributed by atoms with E-state index in [0.717, 1.165) is 31.5 Å². The second-order valence-electron chi connectivity index (χ2n) is 9.94. The summed E-state index contributed by atoms with van der Waals surface area (Å²) in [6.07, 6.45) is -2.38. The minimum absolute atomic E-state index is 0.175. The van der Waals surface area contributed by atoms with E-state index in [0.29, 0.717) is 11.0 Å². The van der Waals surface area contributed by atoms with Crippen LogP contribution in [0.5, 0.6) is 0 Å². The van der Waals surface area contributed by atoms with Gasteiger partial charge in [0.05, 0.1) is 12.5 Å². The maximum atomic E-state index is 15.6. The van der Waals surface area contributed by atoms with Crippen molar-refractivity contribution in [3.63, 3.8) is 0 Å². The molecule has 1 unspecified atom stereocenters. The Labute approximate surface area is 225 Å². The number of hydrogen-bond donors (Lipinski definition) is 2. The molecule has 0 aliphatic carbocycles. The molecule has 0 aromatic carbocycles. The number of carbonyl (C=O) groups is 3. The Morgan fingerprint density at radius 3 is 2.44 bits per heavy atom. The van der Waals surface area contributed by atoms with Crippen molar-refractivity contribution < 1.29 is 42.1 Å². The van der Waals surface area contributed by atoms with E-state index in [1.165, 1.54) is 0 Å². The Balaban J connectivity index is 2.21. The van der Waals surface area contributed by atoms with E-state index in [4.69, 9.17) is 24.7 Å². The number of amides is 1. The first kappa shape index (κ1) is 32.1. The van der Waals surface area contributed by atoms with Gasteiger partial charge < -0.3 is 24.7 Å². The summed E-state index contributed by atoms with van der Waals surface area (Å²) in [7, 11) is 0. The summed E-state index contributed by atoms with van der Waals surface area (Å²) >= 11 is 0. The van der Waals surface area contributed by atoms with Crippen LogP contribution in [0, 0.1) is 11.8 Å². The molecule has 39 heavy (non-hydrogen) atoms. The molecular weight excluding hydrogens is 522 g/mol. The highest BCUT2D eigenvalue weighted by molar-refractivity contribution is 5.83. The molecule has 3 N–H and O–H groups in total. The van der Waals surface area contributed by atoms with Crippen LogP contribution in [-0.2, 0) is 28.5 Å². The van der Waals surface area contributed by atoms with E-state index in [2.05, 4.69) is 10.3 Å². The third kappa shape index (κ3) is 8.68. The Morgan fingerprint density at radius 2 is 1.85 bits per heavy atom. The third-order valence-electron chi connectivity index (χ3n) is 5.99. The summed E-state index contributed by atoms with van der Waals surface area (Å²) in [4.78, 5) is 52.6. The molecule has 220 valence electrons. The van der Waals surface area contributed by atoms with Crippen LogP contribution in [0.25, 0.3) is 0 Å². The molecule has 2 heterocycles. The van der Waals surface area contributed by atoms with E-state index >= 15 is 8.78 Å². The van der Waals surface area contributed by atoms with Crippen molar-refractivity contribution in [1.82, 2.24) is 9.55 Å². The lowest BCUT2D eigenvalue weighted by molar-refractivity contribution is -0.179. The molecule has 1 aliphatic rings. The first-order chi connectivity index (χ1) is 18.3. The highest BCUT2D eigenvalue weighted by Gasteiger charge is 2.63. The lowest BCUT2D eigenvalue weighted by Crippen LogP contribution is -2.48. The Kier molecular flexibility index (Phi) is 11.8. The molecule has 0 spiro atoms. The van der Waals surface area contributed by atoms with Crippen LogP contribution < -0.4 is 16.7 Å². The second-order valence-corrected chi connectivity index (χ2v) is 9.94. The fourth-order valence-corrected chi connectivity index (χ4v) is 3.55. The minimum Gasteiger partial charge on any atom is -0.463 e. The van der Waals surface area contributed by atoms with Crippen LogP contribution in [-0.4, -0.2) is 65.0 Å². The van der Waals surface area contributed by atoms with Gasteiger partial charge in [-0.25, -0.2) is 9.59 Å². The van der Waals surface area contributed by atoms with Crippen LogP contribution in [0.3, 0.4) is 0 Å². The van der Waals surface area contributed by atoms with E-state index in [-0.39, 0.29) is 12.4 Å². The number of nitrogens with zero attached hydrogens (tertiary/aromatic N) is 2. The van der Waals surface area contributed by atoms with Crippen LogP contribution in [0.15, 0.2) is 17.1 Å². The number of hydrogen-bond acceptors (Lipinski definition) is 10. The molecular formula is C25H38F2N4O8. The van der Waals surface area contributed by atoms with Crippen molar-refractivity contribution in [2.75, 3.05) is 18.5 Å². The molecule has 1 aromatic heterocycles. The van der Waals surface area contributed by atoms with Gasteiger partial charge in [0.15, 0.2) is 6.10 Å². The predicted molar refractivity (Wildman–Crippen MR) is 135 cm³/mol. The maximum Gasteiger partial charge on any atom is 0.412 e. The number of anilines is 1. The van der Waals surface area contributed by atoms with Gasteiger partial charge in [0.25, 0.3) is 0 Å². The Bertz CT molecular complexity index is 1050. The number of carbonyl (C=O) groups excluding carboxylic acids is 3. The smallest absolute Gasteiger partial charge is 0.412 e. The number of nitrogens with two attached hydrogens (primary N) is 1. The van der Waals surface area contributed by atoms with E-state index < -0.39 is 72.6 Å². The molecule has 0 radical (unpaired) electrons. The topological polar surface area (TPSA) is 161 Å². The average molecular weight is 561 g/mol. The van der Waals surface area contributed by atoms with Gasteiger partial charge in [-0.15, -0.1) is 0 Å². The number of alkyl halides is 2. The number of esters is 2. The minimum atomic E-state index is -3.95. The molecule has 0 saturated carbocycles. The fraction of sp³-hybridized carbons (Fsp3) is 0.720. The van der Waals surface area contributed by atoms with Gasteiger partial charge in [-0.1, -0.05) is 53.9 Å². The number of halogens is 2. The Hall–Kier alpha value is -3.13. The van der Waals surface area contributed by atoms with Gasteiger partial charge in [-0.2, -0.15) is 13.8 Å². The van der Waals surface area contributed by atoms with Gasteiger partial charge in [0.2, 0.25) is 6.23 Å². The van der Waals surface area contributed by atoms with Gasteiger partial charge in [0.1, 0.15) is 24.6 Å². The first-order valence-corrected chi connectivity index (χ1v) is 13.0. The molecule has 4 atom stereocenters. The van der Waals surface area contributed by atoms with Gasteiger partial charge in [-0.05, 0) is 18.4 Å². The number of rotatable bonds is 13. The monoisotopic (exact) mass is 560 g/mol. The summed E-state index contributed by atoms with van der Waals surface area (Å²) in [5.74, 6) is -6.90. The van der Waals surface area contributed by atoms with Crippen molar-refractivity contribution in [3.8, 4) is 0 Å². The lowest BCUT2D eigenvalue weighted by atomic mass is 10.1. The summed E-state index contributed by atoms with van der Waals surface area (Å²) in [6.45, 7) is 7.89. The molecule has 14 heteroatoms. The molecule has 1 saturated heterocycles. The fourth-order valence-electron chi connectivity index (χ4n) is 3.55. The van der Waals surface area contributed by atoms with Crippen LogP contribution in [0.4, 0.5) is 19.4 Å². The first-order valence-electron chi connectivity index (χ1n) is 13.0. The summed E-state index contributed by atoms with van der Waals surface area (Å²) < 4.78 is 52.2. The number of ether oxygens (including phenoxy) is 4. The number of nitrogens with one attached hydrogen (secondary N) is 1. The van der Waals surface area contributed by atoms with Gasteiger partial charge in [-0.3, -0.25) is 19.5 Å².